The third-order valence-corrected chi connectivity index (χ3v) is 3.30. The molecule has 1 fully saturated rings. The van der Waals surface area contributed by atoms with Crippen molar-refractivity contribution in [2.75, 3.05) is 26.1 Å². The highest BCUT2D eigenvalue weighted by molar-refractivity contribution is 8.06. The summed E-state index contributed by atoms with van der Waals surface area (Å²) in [7, 11) is 1.73. The topological polar surface area (TPSA) is 18.5 Å². The molecule has 82 valence electrons. The van der Waals surface area contributed by atoms with Crippen LogP contribution >= 0.6 is 11.8 Å². The second-order valence-electron chi connectivity index (χ2n) is 3.65. The van der Waals surface area contributed by atoms with E-state index in [0.717, 1.165) is 30.6 Å². The summed E-state index contributed by atoms with van der Waals surface area (Å²) in [4.78, 5) is 0. The molecule has 1 aliphatic heterocycles. The minimum absolute atomic E-state index is 0.734. The van der Waals surface area contributed by atoms with E-state index in [0.29, 0.717) is 0 Å². The predicted molar refractivity (Wildman–Crippen MR) is 63.8 cm³/mol. The molecule has 0 aromatic heterocycles. The molecule has 1 heterocycles. The van der Waals surface area contributed by atoms with Crippen LogP contribution in [0.25, 0.3) is 0 Å². The molecular weight excluding hydrogens is 208 g/mol. The lowest BCUT2D eigenvalue weighted by Crippen LogP contribution is -2.03. The Morgan fingerprint density at radius 2 is 2.07 bits per heavy atom. The van der Waals surface area contributed by atoms with Crippen molar-refractivity contribution in [2.45, 2.75) is 11.7 Å². The summed E-state index contributed by atoms with van der Waals surface area (Å²) in [6, 6.07) is 8.29. The summed E-state index contributed by atoms with van der Waals surface area (Å²) in [6.45, 7) is 1.63. The molecule has 0 bridgehead atoms. The van der Waals surface area contributed by atoms with Gasteiger partial charge in [0, 0.05) is 18.1 Å². The van der Waals surface area contributed by atoms with Gasteiger partial charge in [0.25, 0.3) is 0 Å². The highest BCUT2D eigenvalue weighted by atomic mass is 32.2. The summed E-state index contributed by atoms with van der Waals surface area (Å²) in [5, 5.41) is 0.734. The largest absolute Gasteiger partial charge is 0.492 e. The Morgan fingerprint density at radius 3 is 2.67 bits per heavy atom. The second-order valence-corrected chi connectivity index (χ2v) is 4.99. The zero-order chi connectivity index (χ0) is 10.5. The molecule has 0 aliphatic carbocycles. The van der Waals surface area contributed by atoms with Crippen LogP contribution in [0.3, 0.4) is 0 Å². The minimum Gasteiger partial charge on any atom is -0.492 e. The van der Waals surface area contributed by atoms with Crippen molar-refractivity contribution >= 4 is 11.8 Å². The predicted octanol–water partition coefficient (Wildman–Crippen LogP) is 2.37. The van der Waals surface area contributed by atoms with Gasteiger partial charge in [0.2, 0.25) is 0 Å². The highest BCUT2D eigenvalue weighted by Gasteiger charge is 2.22. The first-order valence-electron chi connectivity index (χ1n) is 5.21. The van der Waals surface area contributed by atoms with Crippen molar-refractivity contribution < 1.29 is 9.47 Å². The van der Waals surface area contributed by atoms with E-state index in [-0.39, 0.29) is 0 Å². The molecule has 0 saturated carbocycles. The van der Waals surface area contributed by atoms with Gasteiger partial charge in [-0.3, -0.25) is 0 Å². The average Bonchev–Trinajstić information content (AvgIpc) is 3.09. The van der Waals surface area contributed by atoms with Crippen molar-refractivity contribution in [1.82, 2.24) is 0 Å². The SMILES string of the molecule is COCCc1ccc(OCC2CS2)cc1. The number of thioether (sulfide) groups is 1. The summed E-state index contributed by atoms with van der Waals surface area (Å²) >= 11 is 1.96. The zero-order valence-electron chi connectivity index (χ0n) is 8.94. The van der Waals surface area contributed by atoms with Crippen LogP contribution < -0.4 is 4.74 Å². The summed E-state index contributed by atoms with van der Waals surface area (Å²) in [6.07, 6.45) is 0.968. The fourth-order valence-electron chi connectivity index (χ4n) is 1.33. The van der Waals surface area contributed by atoms with E-state index < -0.39 is 0 Å². The number of methoxy groups -OCH3 is 1. The maximum Gasteiger partial charge on any atom is 0.119 e. The van der Waals surface area contributed by atoms with Crippen LogP contribution in [-0.4, -0.2) is 31.3 Å². The summed E-state index contributed by atoms with van der Waals surface area (Å²) in [5.41, 5.74) is 1.30. The number of hydrogen-bond donors (Lipinski definition) is 0. The van der Waals surface area contributed by atoms with Crippen LogP contribution in [0, 0.1) is 0 Å². The Bertz CT molecular complexity index is 293. The van der Waals surface area contributed by atoms with Crippen LogP contribution in [0.15, 0.2) is 24.3 Å². The molecule has 0 N–H and O–H groups in total. The van der Waals surface area contributed by atoms with Crippen molar-refractivity contribution in [2.24, 2.45) is 0 Å². The zero-order valence-corrected chi connectivity index (χ0v) is 9.76. The van der Waals surface area contributed by atoms with Gasteiger partial charge in [0.1, 0.15) is 12.4 Å². The molecule has 15 heavy (non-hydrogen) atoms. The fourth-order valence-corrected chi connectivity index (χ4v) is 1.72. The Labute approximate surface area is 95.0 Å². The number of hydrogen-bond acceptors (Lipinski definition) is 3. The van der Waals surface area contributed by atoms with Gasteiger partial charge in [-0.05, 0) is 24.1 Å². The Balaban J connectivity index is 1.79. The number of rotatable bonds is 6. The van der Waals surface area contributed by atoms with Gasteiger partial charge in [-0.1, -0.05) is 12.1 Å². The third-order valence-electron chi connectivity index (χ3n) is 2.36. The summed E-state index contributed by atoms with van der Waals surface area (Å²) < 4.78 is 10.7. The van der Waals surface area contributed by atoms with E-state index in [1.165, 1.54) is 11.3 Å². The maximum absolute atomic E-state index is 5.64. The normalized spacial score (nSPS) is 18.9. The molecule has 1 aliphatic rings. The molecular formula is C12H16O2S. The fraction of sp³-hybridized carbons (Fsp3) is 0.500. The van der Waals surface area contributed by atoms with Gasteiger partial charge in [0.05, 0.1) is 6.61 Å². The van der Waals surface area contributed by atoms with Crippen molar-refractivity contribution in [1.29, 1.82) is 0 Å². The average molecular weight is 224 g/mol. The van der Waals surface area contributed by atoms with Crippen molar-refractivity contribution in [3.63, 3.8) is 0 Å². The lowest BCUT2D eigenvalue weighted by atomic mass is 10.1. The Hall–Kier alpha value is -0.670. The Morgan fingerprint density at radius 1 is 1.33 bits per heavy atom. The second kappa shape index (κ2) is 5.42. The third kappa shape index (κ3) is 3.76. The number of ether oxygens (including phenoxy) is 2. The molecule has 0 radical (unpaired) electrons. The lowest BCUT2D eigenvalue weighted by molar-refractivity contribution is 0.202. The highest BCUT2D eigenvalue weighted by Crippen LogP contribution is 2.30. The maximum atomic E-state index is 5.64. The lowest BCUT2D eigenvalue weighted by Gasteiger charge is -2.05. The van der Waals surface area contributed by atoms with Crippen LogP contribution in [0.4, 0.5) is 0 Å². The smallest absolute Gasteiger partial charge is 0.119 e. The minimum atomic E-state index is 0.734. The molecule has 1 unspecified atom stereocenters. The molecule has 0 amide bonds. The molecule has 1 saturated heterocycles. The van der Waals surface area contributed by atoms with E-state index in [1.54, 1.807) is 7.11 Å². The van der Waals surface area contributed by atoms with E-state index in [9.17, 15) is 0 Å². The molecule has 1 aromatic carbocycles. The van der Waals surface area contributed by atoms with Crippen molar-refractivity contribution in [3.05, 3.63) is 29.8 Å². The van der Waals surface area contributed by atoms with E-state index in [4.69, 9.17) is 9.47 Å². The van der Waals surface area contributed by atoms with Gasteiger partial charge in [-0.15, -0.1) is 0 Å². The Kier molecular flexibility index (Phi) is 3.92. The van der Waals surface area contributed by atoms with E-state index >= 15 is 0 Å². The quantitative estimate of drug-likeness (QED) is 0.691. The monoisotopic (exact) mass is 224 g/mol. The van der Waals surface area contributed by atoms with Crippen LogP contribution in [0.5, 0.6) is 5.75 Å². The van der Waals surface area contributed by atoms with Gasteiger partial charge < -0.3 is 9.47 Å². The first kappa shape index (κ1) is 10.8. The first-order valence-corrected chi connectivity index (χ1v) is 6.25. The molecule has 3 heteroatoms. The molecule has 0 spiro atoms. The number of benzene rings is 1. The van der Waals surface area contributed by atoms with E-state index in [2.05, 4.69) is 12.1 Å². The summed E-state index contributed by atoms with van der Waals surface area (Å²) in [5.74, 6) is 2.23. The molecule has 2 nitrogen and oxygen atoms in total. The van der Waals surface area contributed by atoms with Crippen molar-refractivity contribution in [3.8, 4) is 5.75 Å². The van der Waals surface area contributed by atoms with Crippen LogP contribution in [-0.2, 0) is 11.2 Å². The standard InChI is InChI=1S/C12H16O2S/c1-13-7-6-10-2-4-11(5-3-10)14-8-12-9-15-12/h2-5,12H,6-9H2,1H3. The van der Waals surface area contributed by atoms with E-state index in [1.807, 2.05) is 23.9 Å². The van der Waals surface area contributed by atoms with Gasteiger partial charge in [-0.25, -0.2) is 0 Å². The van der Waals surface area contributed by atoms with Crippen LogP contribution in [0.1, 0.15) is 5.56 Å². The molecule has 1 atom stereocenters. The van der Waals surface area contributed by atoms with Gasteiger partial charge in [-0.2, -0.15) is 11.8 Å². The molecule has 1 aromatic rings. The van der Waals surface area contributed by atoms with Gasteiger partial charge >= 0.3 is 0 Å². The first-order chi connectivity index (χ1) is 7.38. The van der Waals surface area contributed by atoms with Crippen LogP contribution in [0.2, 0.25) is 0 Å². The van der Waals surface area contributed by atoms with Gasteiger partial charge in [0.15, 0.2) is 0 Å². The molecule has 2 rings (SSSR count).